The van der Waals surface area contributed by atoms with Crippen LogP contribution < -0.4 is 0 Å². The highest BCUT2D eigenvalue weighted by atomic mass is 16.9. The molecular formula is C40H48O9. The highest BCUT2D eigenvalue weighted by Crippen LogP contribution is 2.45. The van der Waals surface area contributed by atoms with Gasteiger partial charge in [0.2, 0.25) is 0 Å². The van der Waals surface area contributed by atoms with Gasteiger partial charge in [-0.2, -0.15) is 0 Å². The van der Waals surface area contributed by atoms with Crippen molar-refractivity contribution in [2.75, 3.05) is 6.61 Å². The molecule has 0 aliphatic carbocycles. The molecule has 0 spiro atoms. The van der Waals surface area contributed by atoms with Crippen LogP contribution in [0.2, 0.25) is 0 Å². The van der Waals surface area contributed by atoms with Crippen LogP contribution in [0.25, 0.3) is 0 Å². The van der Waals surface area contributed by atoms with Crippen molar-refractivity contribution in [2.24, 2.45) is 0 Å². The molecule has 3 aromatic carbocycles. The van der Waals surface area contributed by atoms with Crippen molar-refractivity contribution < 1.29 is 42.6 Å². The number of hydrogen-bond donors (Lipinski definition) is 0. The van der Waals surface area contributed by atoms with E-state index in [0.29, 0.717) is 39.3 Å². The Balaban J connectivity index is 1.10. The Hall–Kier alpha value is -3.12. The SMILES string of the molecule is CC1(C)O[C@H]2[C@@H](O1)[C@@H](CCC1=C[C@@H](OCc3ccccc3)[C@@H](OCc3ccccc3)[C@@H](COCc3ccccc3)O1)O[C@@H]1OC(C)(C)O[C@@H]12. The highest BCUT2D eigenvalue weighted by molar-refractivity contribution is 5.17. The average Bonchev–Trinajstić information content (AvgIpc) is 3.60. The summed E-state index contributed by atoms with van der Waals surface area (Å²) >= 11 is 0. The van der Waals surface area contributed by atoms with Crippen molar-refractivity contribution in [3.05, 3.63) is 120 Å². The zero-order valence-electron chi connectivity index (χ0n) is 28.8. The van der Waals surface area contributed by atoms with Crippen LogP contribution in [0, 0.1) is 0 Å². The minimum absolute atomic E-state index is 0.293. The van der Waals surface area contributed by atoms with E-state index in [1.807, 2.05) is 82.3 Å². The Morgan fingerprint density at radius 1 is 0.592 bits per heavy atom. The number of allylic oxidation sites excluding steroid dienone is 1. The number of fused-ring (bicyclic) bond motifs is 3. The minimum atomic E-state index is -0.773. The summed E-state index contributed by atoms with van der Waals surface area (Å²) in [5.41, 5.74) is 3.26. The van der Waals surface area contributed by atoms with Crippen molar-refractivity contribution in [1.29, 1.82) is 0 Å². The summed E-state index contributed by atoms with van der Waals surface area (Å²) in [6.07, 6.45) is 0.261. The van der Waals surface area contributed by atoms with Crippen LogP contribution in [0.4, 0.5) is 0 Å². The molecule has 0 aromatic heterocycles. The summed E-state index contributed by atoms with van der Waals surface area (Å²) < 4.78 is 57.8. The topological polar surface area (TPSA) is 83.1 Å². The number of hydrogen-bond acceptors (Lipinski definition) is 9. The molecule has 3 saturated heterocycles. The van der Waals surface area contributed by atoms with Crippen LogP contribution in [0.3, 0.4) is 0 Å². The average molecular weight is 673 g/mol. The van der Waals surface area contributed by atoms with E-state index in [0.717, 1.165) is 22.4 Å². The van der Waals surface area contributed by atoms with Gasteiger partial charge in [-0.05, 0) is 56.9 Å². The van der Waals surface area contributed by atoms with E-state index in [-0.39, 0.29) is 30.5 Å². The van der Waals surface area contributed by atoms with Crippen LogP contribution in [0.15, 0.2) is 103 Å². The fraction of sp³-hybridized carbons (Fsp3) is 0.500. The number of benzene rings is 3. The number of rotatable bonds is 13. The maximum absolute atomic E-state index is 6.72. The van der Waals surface area contributed by atoms with Crippen LogP contribution in [-0.4, -0.2) is 67.2 Å². The van der Waals surface area contributed by atoms with Crippen molar-refractivity contribution in [2.45, 2.75) is 121 Å². The molecule has 9 heteroatoms. The molecular weight excluding hydrogens is 624 g/mol. The second kappa shape index (κ2) is 15.0. The maximum atomic E-state index is 6.72. The van der Waals surface area contributed by atoms with E-state index in [1.54, 1.807) is 0 Å². The molecule has 3 fully saturated rings. The monoisotopic (exact) mass is 672 g/mol. The van der Waals surface area contributed by atoms with Gasteiger partial charge in [-0.3, -0.25) is 0 Å². The molecule has 0 N–H and O–H groups in total. The molecule has 0 saturated carbocycles. The van der Waals surface area contributed by atoms with Crippen LogP contribution in [0.5, 0.6) is 0 Å². The molecule has 49 heavy (non-hydrogen) atoms. The third kappa shape index (κ3) is 8.61. The predicted molar refractivity (Wildman–Crippen MR) is 181 cm³/mol. The van der Waals surface area contributed by atoms with Crippen LogP contribution in [0.1, 0.15) is 57.2 Å². The summed E-state index contributed by atoms with van der Waals surface area (Å²) in [6.45, 7) is 9.29. The van der Waals surface area contributed by atoms with Gasteiger partial charge in [0, 0.05) is 6.42 Å². The van der Waals surface area contributed by atoms with Crippen molar-refractivity contribution in [3.63, 3.8) is 0 Å². The molecule has 0 bridgehead atoms. The first-order valence-corrected chi connectivity index (χ1v) is 17.4. The Morgan fingerprint density at radius 2 is 1.14 bits per heavy atom. The summed E-state index contributed by atoms with van der Waals surface area (Å²) in [5.74, 6) is -0.732. The van der Waals surface area contributed by atoms with E-state index in [4.69, 9.17) is 42.6 Å². The van der Waals surface area contributed by atoms with Gasteiger partial charge in [-0.25, -0.2) is 0 Å². The van der Waals surface area contributed by atoms with Crippen molar-refractivity contribution >= 4 is 0 Å². The van der Waals surface area contributed by atoms with Crippen molar-refractivity contribution in [1.82, 2.24) is 0 Å². The molecule has 4 aliphatic rings. The zero-order valence-corrected chi connectivity index (χ0v) is 28.8. The van der Waals surface area contributed by atoms with Gasteiger partial charge in [0.25, 0.3) is 0 Å². The largest absolute Gasteiger partial charge is 0.490 e. The van der Waals surface area contributed by atoms with E-state index < -0.39 is 30.1 Å². The van der Waals surface area contributed by atoms with Crippen LogP contribution in [-0.2, 0) is 62.5 Å². The Kier molecular flexibility index (Phi) is 10.5. The molecule has 7 rings (SSSR count). The molecule has 0 unspecified atom stereocenters. The molecule has 3 aromatic rings. The summed E-state index contributed by atoms with van der Waals surface area (Å²) in [5, 5.41) is 0. The molecule has 0 amide bonds. The normalized spacial score (nSPS) is 31.4. The van der Waals surface area contributed by atoms with Gasteiger partial charge in [-0.15, -0.1) is 0 Å². The Labute approximate surface area is 289 Å². The highest BCUT2D eigenvalue weighted by Gasteiger charge is 2.60. The fourth-order valence-electron chi connectivity index (χ4n) is 7.02. The third-order valence-electron chi connectivity index (χ3n) is 9.23. The van der Waals surface area contributed by atoms with Gasteiger partial charge in [0.1, 0.15) is 30.5 Å². The van der Waals surface area contributed by atoms with Crippen LogP contribution >= 0.6 is 0 Å². The lowest BCUT2D eigenvalue weighted by molar-refractivity contribution is -0.235. The maximum Gasteiger partial charge on any atom is 0.190 e. The minimum Gasteiger partial charge on any atom is -0.490 e. The summed E-state index contributed by atoms with van der Waals surface area (Å²) in [6, 6.07) is 30.5. The molecule has 8 atom stereocenters. The van der Waals surface area contributed by atoms with Gasteiger partial charge in [0.05, 0.1) is 38.3 Å². The first-order valence-electron chi connectivity index (χ1n) is 17.4. The van der Waals surface area contributed by atoms with Gasteiger partial charge >= 0.3 is 0 Å². The third-order valence-corrected chi connectivity index (χ3v) is 9.23. The van der Waals surface area contributed by atoms with E-state index in [9.17, 15) is 0 Å². The standard InChI is InChI=1S/C40H48O9/c1-39(2)46-35-31(45-38-37(36(35)47-39)48-40(3,4)49-38)21-20-30-22-32(42-24-28-16-10-6-11-17-28)34(43-25-29-18-12-7-13-19-29)33(44-30)26-41-23-27-14-8-5-9-15-27/h5-19,22,31-38H,20-21,23-26H2,1-4H3/t31-,32-,33-,34-,35+,36+,37-,38-/m1/s1. The summed E-state index contributed by atoms with van der Waals surface area (Å²) in [4.78, 5) is 0. The van der Waals surface area contributed by atoms with Gasteiger partial charge < -0.3 is 42.6 Å². The Morgan fingerprint density at radius 3 is 1.80 bits per heavy atom. The first-order chi connectivity index (χ1) is 23.7. The molecule has 9 nitrogen and oxygen atoms in total. The van der Waals surface area contributed by atoms with E-state index >= 15 is 0 Å². The van der Waals surface area contributed by atoms with Gasteiger partial charge in [0.15, 0.2) is 24.0 Å². The summed E-state index contributed by atoms with van der Waals surface area (Å²) in [7, 11) is 0. The lowest BCUT2D eigenvalue weighted by Gasteiger charge is -2.39. The molecule has 4 aliphatic heterocycles. The van der Waals surface area contributed by atoms with Crippen molar-refractivity contribution in [3.8, 4) is 0 Å². The fourth-order valence-corrected chi connectivity index (χ4v) is 7.02. The lowest BCUT2D eigenvalue weighted by atomic mass is 9.94. The second-order valence-corrected chi connectivity index (χ2v) is 14.1. The number of ether oxygens (including phenoxy) is 9. The van der Waals surface area contributed by atoms with E-state index in [1.165, 1.54) is 0 Å². The first kappa shape index (κ1) is 34.3. The molecule has 262 valence electrons. The Bertz CT molecular complexity index is 1510. The van der Waals surface area contributed by atoms with Gasteiger partial charge in [-0.1, -0.05) is 91.0 Å². The molecule has 0 radical (unpaired) electrons. The second-order valence-electron chi connectivity index (χ2n) is 14.1. The lowest BCUT2D eigenvalue weighted by Crippen LogP contribution is -2.55. The smallest absolute Gasteiger partial charge is 0.190 e. The predicted octanol–water partition coefficient (Wildman–Crippen LogP) is 6.83. The zero-order chi connectivity index (χ0) is 33.8. The molecule has 4 heterocycles. The van der Waals surface area contributed by atoms with E-state index in [2.05, 4.69) is 42.5 Å². The quantitative estimate of drug-likeness (QED) is 0.194.